The zero-order valence-electron chi connectivity index (χ0n) is 19.9. The Labute approximate surface area is 211 Å². The SMILES string of the molecule is COc1ccc2cc(Br)ccc2c1CN1C(=O)C(NC(=O)OC(C)(C)C)COc2c(F)cccc21. The van der Waals surface area contributed by atoms with E-state index in [0.29, 0.717) is 5.75 Å². The highest BCUT2D eigenvalue weighted by molar-refractivity contribution is 9.10. The molecule has 0 radical (unpaired) electrons. The van der Waals surface area contributed by atoms with E-state index in [4.69, 9.17) is 14.2 Å². The average molecular weight is 545 g/mol. The van der Waals surface area contributed by atoms with Crippen LogP contribution in [0.15, 0.2) is 53.0 Å². The molecule has 1 heterocycles. The molecule has 9 heteroatoms. The molecule has 35 heavy (non-hydrogen) atoms. The van der Waals surface area contributed by atoms with Crippen molar-refractivity contribution in [3.63, 3.8) is 0 Å². The first-order valence-electron chi connectivity index (χ1n) is 11.0. The van der Waals surface area contributed by atoms with E-state index < -0.39 is 29.5 Å². The Morgan fingerprint density at radius 3 is 2.71 bits per heavy atom. The molecule has 0 saturated heterocycles. The van der Waals surface area contributed by atoms with E-state index in [-0.39, 0.29) is 24.6 Å². The Bertz CT molecular complexity index is 1290. The number of para-hydroxylation sites is 1. The quantitative estimate of drug-likeness (QED) is 0.464. The summed E-state index contributed by atoms with van der Waals surface area (Å²) in [7, 11) is 1.55. The largest absolute Gasteiger partial charge is 0.496 e. The van der Waals surface area contributed by atoms with Crippen LogP contribution in [-0.4, -0.2) is 37.4 Å². The number of hydrogen-bond acceptors (Lipinski definition) is 5. The lowest BCUT2D eigenvalue weighted by Crippen LogP contribution is -2.51. The van der Waals surface area contributed by atoms with Crippen LogP contribution in [0.2, 0.25) is 0 Å². The van der Waals surface area contributed by atoms with Crippen molar-refractivity contribution in [1.29, 1.82) is 0 Å². The highest BCUT2D eigenvalue weighted by Gasteiger charge is 2.35. The van der Waals surface area contributed by atoms with Gasteiger partial charge in [0.1, 0.15) is 24.0 Å². The van der Waals surface area contributed by atoms with E-state index >= 15 is 0 Å². The third-order valence-corrected chi connectivity index (χ3v) is 5.97. The van der Waals surface area contributed by atoms with Gasteiger partial charge in [0.2, 0.25) is 0 Å². The number of alkyl carbamates (subject to hydrolysis) is 1. The number of benzene rings is 3. The number of carbonyl (C=O) groups is 2. The molecule has 2 amide bonds. The number of methoxy groups -OCH3 is 1. The molecule has 0 aromatic heterocycles. The van der Waals surface area contributed by atoms with Gasteiger partial charge in [-0.2, -0.15) is 0 Å². The van der Waals surface area contributed by atoms with E-state index in [1.54, 1.807) is 33.9 Å². The second-order valence-corrected chi connectivity index (χ2v) is 10.0. The van der Waals surface area contributed by atoms with Crippen LogP contribution >= 0.6 is 15.9 Å². The lowest BCUT2D eigenvalue weighted by atomic mass is 10.0. The number of ether oxygens (including phenoxy) is 3. The molecule has 1 aliphatic rings. The van der Waals surface area contributed by atoms with E-state index in [9.17, 15) is 14.0 Å². The molecule has 1 atom stereocenters. The maximum absolute atomic E-state index is 14.7. The van der Waals surface area contributed by atoms with E-state index in [1.165, 1.54) is 17.0 Å². The molecule has 0 bridgehead atoms. The summed E-state index contributed by atoms with van der Waals surface area (Å²) in [6.45, 7) is 4.98. The summed E-state index contributed by atoms with van der Waals surface area (Å²) in [5, 5.41) is 4.39. The minimum absolute atomic E-state index is 0.0590. The molecule has 1 N–H and O–H groups in total. The Morgan fingerprint density at radius 2 is 2.00 bits per heavy atom. The Kier molecular flexibility index (Phi) is 6.89. The van der Waals surface area contributed by atoms with Gasteiger partial charge in [0, 0.05) is 10.0 Å². The van der Waals surface area contributed by atoms with E-state index in [1.807, 2.05) is 30.3 Å². The molecule has 0 spiro atoms. The minimum atomic E-state index is -1.09. The first-order chi connectivity index (χ1) is 16.6. The van der Waals surface area contributed by atoms with Gasteiger partial charge >= 0.3 is 6.09 Å². The van der Waals surface area contributed by atoms with E-state index in [2.05, 4.69) is 21.2 Å². The van der Waals surface area contributed by atoms with Gasteiger partial charge in [-0.1, -0.05) is 34.1 Å². The van der Waals surface area contributed by atoms with Crippen molar-refractivity contribution in [2.45, 2.75) is 39.0 Å². The van der Waals surface area contributed by atoms with Crippen LogP contribution in [0.3, 0.4) is 0 Å². The maximum Gasteiger partial charge on any atom is 0.408 e. The lowest BCUT2D eigenvalue weighted by Gasteiger charge is -2.27. The van der Waals surface area contributed by atoms with Crippen LogP contribution in [0.1, 0.15) is 26.3 Å². The number of nitrogens with one attached hydrogen (secondary N) is 1. The normalized spacial score (nSPS) is 15.8. The minimum Gasteiger partial charge on any atom is -0.496 e. The zero-order chi connectivity index (χ0) is 25.3. The second kappa shape index (κ2) is 9.73. The smallest absolute Gasteiger partial charge is 0.408 e. The second-order valence-electron chi connectivity index (χ2n) is 9.13. The van der Waals surface area contributed by atoms with Crippen LogP contribution in [0, 0.1) is 5.82 Å². The van der Waals surface area contributed by atoms with Gasteiger partial charge < -0.3 is 24.4 Å². The van der Waals surface area contributed by atoms with E-state index in [0.717, 1.165) is 20.8 Å². The monoisotopic (exact) mass is 544 g/mol. The molecule has 1 unspecified atom stereocenters. The number of amides is 2. The standard InChI is InChI=1S/C26H26BrFN2O5/c1-26(2,3)35-25(32)29-20-14-34-23-19(28)6-5-7-21(23)30(24(20)31)13-18-17-10-9-16(27)12-15(17)8-11-22(18)33-4/h5-12,20H,13-14H2,1-4H3,(H,29,32). The van der Waals surface area contributed by atoms with Gasteiger partial charge in [0.15, 0.2) is 11.6 Å². The fraction of sp³-hybridized carbons (Fsp3) is 0.308. The van der Waals surface area contributed by atoms with Crippen LogP contribution in [-0.2, 0) is 16.1 Å². The third kappa shape index (κ3) is 5.35. The van der Waals surface area contributed by atoms with Crippen molar-refractivity contribution >= 4 is 44.4 Å². The van der Waals surface area contributed by atoms with Crippen molar-refractivity contribution in [2.75, 3.05) is 18.6 Å². The third-order valence-electron chi connectivity index (χ3n) is 5.47. The molecule has 0 fully saturated rings. The van der Waals surface area contributed by atoms with Gasteiger partial charge in [0.05, 0.1) is 19.3 Å². The summed E-state index contributed by atoms with van der Waals surface area (Å²) in [6, 6.07) is 12.8. The van der Waals surface area contributed by atoms with Crippen LogP contribution in [0.5, 0.6) is 11.5 Å². The predicted octanol–water partition coefficient (Wildman–Crippen LogP) is 5.57. The summed E-state index contributed by atoms with van der Waals surface area (Å²) < 4.78 is 32.2. The molecule has 184 valence electrons. The fourth-order valence-electron chi connectivity index (χ4n) is 3.97. The zero-order valence-corrected chi connectivity index (χ0v) is 21.4. The molecule has 1 aliphatic heterocycles. The number of nitrogens with zero attached hydrogens (tertiary/aromatic N) is 1. The van der Waals surface area contributed by atoms with Crippen molar-refractivity contribution in [3.05, 3.63) is 64.4 Å². The van der Waals surface area contributed by atoms with Gasteiger partial charge in [-0.15, -0.1) is 0 Å². The van der Waals surface area contributed by atoms with Crippen molar-refractivity contribution < 1.29 is 28.2 Å². The summed E-state index contributed by atoms with van der Waals surface area (Å²) >= 11 is 3.49. The summed E-state index contributed by atoms with van der Waals surface area (Å²) in [5.74, 6) is -0.549. The van der Waals surface area contributed by atoms with Gasteiger partial charge in [-0.05, 0) is 61.9 Å². The highest BCUT2D eigenvalue weighted by Crippen LogP contribution is 2.38. The molecule has 0 aliphatic carbocycles. The van der Waals surface area contributed by atoms with Gasteiger partial charge in [0.25, 0.3) is 5.91 Å². The first-order valence-corrected chi connectivity index (χ1v) is 11.8. The lowest BCUT2D eigenvalue weighted by molar-refractivity contribution is -0.121. The van der Waals surface area contributed by atoms with Crippen molar-refractivity contribution in [1.82, 2.24) is 5.32 Å². The summed E-state index contributed by atoms with van der Waals surface area (Å²) in [4.78, 5) is 27.6. The maximum atomic E-state index is 14.7. The Balaban J connectivity index is 1.77. The van der Waals surface area contributed by atoms with Crippen molar-refractivity contribution in [2.24, 2.45) is 0 Å². The molecule has 4 rings (SSSR count). The number of fused-ring (bicyclic) bond motifs is 2. The average Bonchev–Trinajstić information content (AvgIpc) is 2.90. The molecular weight excluding hydrogens is 519 g/mol. The Morgan fingerprint density at radius 1 is 1.23 bits per heavy atom. The predicted molar refractivity (Wildman–Crippen MR) is 134 cm³/mol. The number of halogens is 2. The first kappa shape index (κ1) is 24.8. The van der Waals surface area contributed by atoms with Crippen LogP contribution < -0.4 is 19.7 Å². The highest BCUT2D eigenvalue weighted by atomic mass is 79.9. The molecule has 0 saturated carbocycles. The van der Waals surface area contributed by atoms with Crippen molar-refractivity contribution in [3.8, 4) is 11.5 Å². The van der Waals surface area contributed by atoms with Crippen LogP contribution in [0.4, 0.5) is 14.9 Å². The molecular formula is C26H26BrFN2O5. The number of rotatable bonds is 4. The fourth-order valence-corrected chi connectivity index (χ4v) is 4.35. The summed E-state index contributed by atoms with van der Waals surface area (Å²) in [6.07, 6.45) is -0.765. The Hall–Kier alpha value is -3.33. The summed E-state index contributed by atoms with van der Waals surface area (Å²) in [5.41, 5.74) is 0.247. The number of anilines is 1. The molecule has 7 nitrogen and oxygen atoms in total. The molecule has 3 aromatic carbocycles. The van der Waals surface area contributed by atoms with Crippen LogP contribution in [0.25, 0.3) is 10.8 Å². The topological polar surface area (TPSA) is 77.1 Å². The van der Waals surface area contributed by atoms with Gasteiger partial charge in [-0.3, -0.25) is 4.79 Å². The van der Waals surface area contributed by atoms with Gasteiger partial charge in [-0.25, -0.2) is 9.18 Å². The molecule has 3 aromatic rings. The number of hydrogen-bond donors (Lipinski definition) is 1. The number of carbonyl (C=O) groups excluding carboxylic acids is 2.